The Kier molecular flexibility index (Phi) is 5.22. The van der Waals surface area contributed by atoms with Gasteiger partial charge in [0.2, 0.25) is 5.95 Å². The highest BCUT2D eigenvalue weighted by Gasteiger charge is 2.17. The Morgan fingerprint density at radius 3 is 2.78 bits per heavy atom. The summed E-state index contributed by atoms with van der Waals surface area (Å²) in [6.07, 6.45) is 3.76. The van der Waals surface area contributed by atoms with Crippen molar-refractivity contribution in [2.75, 3.05) is 5.32 Å². The van der Waals surface area contributed by atoms with Crippen LogP contribution in [0.5, 0.6) is 0 Å². The molecule has 1 aromatic carbocycles. The molecule has 9 nitrogen and oxygen atoms in total. The van der Waals surface area contributed by atoms with Crippen LogP contribution in [0.3, 0.4) is 0 Å². The van der Waals surface area contributed by atoms with E-state index in [2.05, 4.69) is 30.7 Å². The molecule has 3 N–H and O–H groups in total. The highest BCUT2D eigenvalue weighted by atomic mass is 35.5. The Labute approximate surface area is 160 Å². The zero-order chi connectivity index (χ0) is 19.6. The number of nitrogens with one attached hydrogen (secondary N) is 2. The van der Waals surface area contributed by atoms with Gasteiger partial charge in [-0.05, 0) is 31.0 Å². The van der Waals surface area contributed by atoms with E-state index in [-0.39, 0.29) is 0 Å². The lowest BCUT2D eigenvalue weighted by Crippen LogP contribution is -2.25. The van der Waals surface area contributed by atoms with Gasteiger partial charge in [0.1, 0.15) is 6.33 Å². The fourth-order valence-electron chi connectivity index (χ4n) is 2.71. The van der Waals surface area contributed by atoms with Gasteiger partial charge < -0.3 is 15.7 Å². The predicted molar refractivity (Wildman–Crippen MR) is 101 cm³/mol. The van der Waals surface area contributed by atoms with Gasteiger partial charge in [-0.1, -0.05) is 17.7 Å². The van der Waals surface area contributed by atoms with Gasteiger partial charge in [-0.3, -0.25) is 4.68 Å². The molecule has 140 valence electrons. The maximum Gasteiger partial charge on any atom is 0.405 e. The molecule has 2 heterocycles. The lowest BCUT2D eigenvalue weighted by molar-refractivity contribution is 0.191. The first-order valence-corrected chi connectivity index (χ1v) is 8.46. The molecule has 0 unspecified atom stereocenters. The molecular formula is C17H18ClN7O2. The molecule has 2 aromatic heterocycles. The molecule has 0 aliphatic carbocycles. The Morgan fingerprint density at radius 2 is 2.11 bits per heavy atom. The van der Waals surface area contributed by atoms with Gasteiger partial charge in [0.15, 0.2) is 5.82 Å². The van der Waals surface area contributed by atoms with E-state index in [1.165, 1.54) is 6.33 Å². The number of aromatic nitrogens is 5. The average Bonchev–Trinajstić information content (AvgIpc) is 3.01. The molecular weight excluding hydrogens is 370 g/mol. The van der Waals surface area contributed by atoms with E-state index >= 15 is 0 Å². The van der Waals surface area contributed by atoms with E-state index in [0.29, 0.717) is 22.4 Å². The molecule has 0 radical (unpaired) electrons. The third kappa shape index (κ3) is 4.14. The Hall–Kier alpha value is -3.20. The van der Waals surface area contributed by atoms with Gasteiger partial charge >= 0.3 is 6.09 Å². The summed E-state index contributed by atoms with van der Waals surface area (Å²) < 4.78 is 1.66. The second-order valence-corrected chi connectivity index (χ2v) is 6.35. The molecule has 27 heavy (non-hydrogen) atoms. The van der Waals surface area contributed by atoms with Crippen molar-refractivity contribution in [3.8, 4) is 11.4 Å². The van der Waals surface area contributed by atoms with Crippen molar-refractivity contribution in [2.24, 2.45) is 7.05 Å². The van der Waals surface area contributed by atoms with Crippen molar-refractivity contribution < 1.29 is 9.90 Å². The minimum Gasteiger partial charge on any atom is -0.465 e. The van der Waals surface area contributed by atoms with Crippen LogP contribution >= 0.6 is 11.6 Å². The third-order valence-corrected chi connectivity index (χ3v) is 4.50. The maximum atomic E-state index is 10.9. The second kappa shape index (κ2) is 7.58. The first-order valence-electron chi connectivity index (χ1n) is 8.08. The first kappa shape index (κ1) is 18.6. The Morgan fingerprint density at radius 1 is 1.33 bits per heavy atom. The predicted octanol–water partition coefficient (Wildman–Crippen LogP) is 3.31. The van der Waals surface area contributed by atoms with Gasteiger partial charge in [0.05, 0.1) is 22.9 Å². The van der Waals surface area contributed by atoms with E-state index < -0.39 is 12.1 Å². The van der Waals surface area contributed by atoms with Crippen LogP contribution in [0.4, 0.5) is 16.4 Å². The summed E-state index contributed by atoms with van der Waals surface area (Å²) in [6, 6.07) is 3.19. The summed E-state index contributed by atoms with van der Waals surface area (Å²) >= 11 is 6.52. The number of carboxylic acid groups (broad SMARTS) is 1. The minimum absolute atomic E-state index is 0.367. The van der Waals surface area contributed by atoms with Gasteiger partial charge in [0.25, 0.3) is 0 Å². The van der Waals surface area contributed by atoms with Crippen LogP contribution in [0.15, 0.2) is 30.9 Å². The minimum atomic E-state index is -1.09. The third-order valence-electron chi connectivity index (χ3n) is 4.01. The Balaban J connectivity index is 1.91. The number of benzene rings is 1. The van der Waals surface area contributed by atoms with E-state index in [9.17, 15) is 4.79 Å². The van der Waals surface area contributed by atoms with Crippen molar-refractivity contribution in [2.45, 2.75) is 19.9 Å². The molecule has 10 heteroatoms. The Bertz CT molecular complexity index is 989. The van der Waals surface area contributed by atoms with Gasteiger partial charge in [0, 0.05) is 18.8 Å². The smallest absolute Gasteiger partial charge is 0.405 e. The van der Waals surface area contributed by atoms with Crippen LogP contribution in [-0.2, 0) is 7.05 Å². The summed E-state index contributed by atoms with van der Waals surface area (Å²) in [5.41, 5.74) is 2.93. The molecule has 3 rings (SSSR count). The first-order chi connectivity index (χ1) is 12.8. The number of halogens is 1. The standard InChI is InChI=1S/C17H18ClN7O2/c1-9-12(10(2)22-17(26)27)4-5-13(14(9)18)15-19-8-20-16(24-15)23-11-6-21-25(3)7-11/h4-8,10,22H,1-3H3,(H,26,27)(H,19,20,23,24)/t10-/m1/s1. The molecule has 0 fully saturated rings. The van der Waals surface area contributed by atoms with Crippen molar-refractivity contribution in [1.82, 2.24) is 30.0 Å². The van der Waals surface area contributed by atoms with Gasteiger partial charge in [-0.25, -0.2) is 14.8 Å². The molecule has 0 bridgehead atoms. The topological polar surface area (TPSA) is 118 Å². The number of hydrogen-bond acceptors (Lipinski definition) is 6. The summed E-state index contributed by atoms with van der Waals surface area (Å²) in [7, 11) is 1.81. The van der Waals surface area contributed by atoms with E-state index in [0.717, 1.165) is 16.8 Å². The summed E-state index contributed by atoms with van der Waals surface area (Å²) in [4.78, 5) is 23.6. The monoisotopic (exact) mass is 387 g/mol. The molecule has 0 saturated heterocycles. The van der Waals surface area contributed by atoms with Crippen molar-refractivity contribution in [3.63, 3.8) is 0 Å². The number of anilines is 2. The number of hydrogen-bond donors (Lipinski definition) is 3. The molecule has 0 aliphatic heterocycles. The fraction of sp³-hybridized carbons (Fsp3) is 0.235. The van der Waals surface area contributed by atoms with E-state index in [1.54, 1.807) is 30.1 Å². The van der Waals surface area contributed by atoms with Crippen LogP contribution in [-0.4, -0.2) is 35.9 Å². The maximum absolute atomic E-state index is 10.9. The molecule has 0 saturated carbocycles. The lowest BCUT2D eigenvalue weighted by atomic mass is 9.99. The van der Waals surface area contributed by atoms with Crippen LogP contribution < -0.4 is 10.6 Å². The number of carbonyl (C=O) groups is 1. The number of nitrogens with zero attached hydrogens (tertiary/aromatic N) is 5. The quantitative estimate of drug-likeness (QED) is 0.614. The normalized spacial score (nSPS) is 11.9. The zero-order valence-corrected chi connectivity index (χ0v) is 15.7. The van der Waals surface area contributed by atoms with Crippen molar-refractivity contribution in [3.05, 3.63) is 47.0 Å². The number of amides is 1. The number of aryl methyl sites for hydroxylation is 1. The molecule has 1 amide bonds. The summed E-state index contributed by atoms with van der Waals surface area (Å²) in [5.74, 6) is 0.779. The van der Waals surface area contributed by atoms with Crippen LogP contribution in [0.25, 0.3) is 11.4 Å². The fourth-order valence-corrected chi connectivity index (χ4v) is 2.96. The molecule has 1 atom stereocenters. The number of rotatable bonds is 5. The van der Waals surface area contributed by atoms with Gasteiger partial charge in [-0.15, -0.1) is 0 Å². The highest BCUT2D eigenvalue weighted by Crippen LogP contribution is 2.33. The van der Waals surface area contributed by atoms with Crippen molar-refractivity contribution in [1.29, 1.82) is 0 Å². The summed E-state index contributed by atoms with van der Waals surface area (Å²) in [5, 5.41) is 18.9. The summed E-state index contributed by atoms with van der Waals surface area (Å²) in [6.45, 7) is 3.59. The van der Waals surface area contributed by atoms with Crippen LogP contribution in [0.1, 0.15) is 24.1 Å². The largest absolute Gasteiger partial charge is 0.465 e. The van der Waals surface area contributed by atoms with Crippen LogP contribution in [0.2, 0.25) is 5.02 Å². The SMILES string of the molecule is Cc1c([C@@H](C)NC(=O)O)ccc(-c2ncnc(Nc3cnn(C)c3)n2)c1Cl. The lowest BCUT2D eigenvalue weighted by Gasteiger charge is -2.17. The zero-order valence-electron chi connectivity index (χ0n) is 14.9. The van der Waals surface area contributed by atoms with E-state index in [4.69, 9.17) is 16.7 Å². The average molecular weight is 388 g/mol. The van der Waals surface area contributed by atoms with Crippen molar-refractivity contribution >= 4 is 29.3 Å². The second-order valence-electron chi connectivity index (χ2n) is 5.97. The molecule has 3 aromatic rings. The highest BCUT2D eigenvalue weighted by molar-refractivity contribution is 6.34. The molecule has 0 aliphatic rings. The van der Waals surface area contributed by atoms with Crippen LogP contribution in [0, 0.1) is 6.92 Å². The van der Waals surface area contributed by atoms with Gasteiger partial charge in [-0.2, -0.15) is 10.1 Å². The molecule has 0 spiro atoms. The van der Waals surface area contributed by atoms with E-state index in [1.807, 2.05) is 20.0 Å².